The number of nitrogens with zero attached hydrogens (tertiary/aromatic N) is 1. The summed E-state index contributed by atoms with van der Waals surface area (Å²) in [6.07, 6.45) is 4.50. The van der Waals surface area contributed by atoms with Gasteiger partial charge in [0, 0.05) is 17.0 Å². The van der Waals surface area contributed by atoms with Gasteiger partial charge < -0.3 is 4.74 Å². The standard InChI is InChI=1S/C14H19NO2S/c1-17-14(16)10-8-11(9-10)15-6-2-4-12(15)13-5-3-7-18-13/h3,5,7,10-12H,2,4,6,8-9H2,1H3. The third-order valence-electron chi connectivity index (χ3n) is 4.28. The monoisotopic (exact) mass is 265 g/mol. The number of carbonyl (C=O) groups is 1. The molecule has 0 radical (unpaired) electrons. The third kappa shape index (κ3) is 2.08. The van der Waals surface area contributed by atoms with Crippen LogP contribution in [0.5, 0.6) is 0 Å². The predicted octanol–water partition coefficient (Wildman–Crippen LogP) is 2.84. The zero-order valence-corrected chi connectivity index (χ0v) is 11.5. The molecular weight excluding hydrogens is 246 g/mol. The van der Waals surface area contributed by atoms with E-state index >= 15 is 0 Å². The Morgan fingerprint density at radius 1 is 1.50 bits per heavy atom. The van der Waals surface area contributed by atoms with E-state index in [0.717, 1.165) is 12.8 Å². The van der Waals surface area contributed by atoms with Crippen molar-refractivity contribution < 1.29 is 9.53 Å². The first-order valence-electron chi connectivity index (χ1n) is 6.66. The molecule has 0 bridgehead atoms. The van der Waals surface area contributed by atoms with Gasteiger partial charge in [-0.1, -0.05) is 6.07 Å². The lowest BCUT2D eigenvalue weighted by atomic mass is 9.79. The van der Waals surface area contributed by atoms with Crippen molar-refractivity contribution in [3.63, 3.8) is 0 Å². The fourth-order valence-electron chi connectivity index (χ4n) is 3.23. The van der Waals surface area contributed by atoms with Gasteiger partial charge in [-0.05, 0) is 43.7 Å². The van der Waals surface area contributed by atoms with Crippen LogP contribution >= 0.6 is 11.3 Å². The number of carbonyl (C=O) groups excluding carboxylic acids is 1. The van der Waals surface area contributed by atoms with E-state index in [4.69, 9.17) is 4.74 Å². The minimum atomic E-state index is -0.0295. The van der Waals surface area contributed by atoms with Gasteiger partial charge in [0.05, 0.1) is 13.0 Å². The van der Waals surface area contributed by atoms with Gasteiger partial charge in [-0.3, -0.25) is 9.69 Å². The van der Waals surface area contributed by atoms with Crippen LogP contribution in [0.3, 0.4) is 0 Å². The van der Waals surface area contributed by atoms with Crippen LogP contribution in [0.2, 0.25) is 0 Å². The number of thiophene rings is 1. The Hall–Kier alpha value is -0.870. The lowest BCUT2D eigenvalue weighted by Gasteiger charge is -2.42. The van der Waals surface area contributed by atoms with E-state index < -0.39 is 0 Å². The third-order valence-corrected chi connectivity index (χ3v) is 5.26. The topological polar surface area (TPSA) is 29.5 Å². The maximum Gasteiger partial charge on any atom is 0.308 e. The molecule has 1 saturated carbocycles. The second-order valence-electron chi connectivity index (χ2n) is 5.26. The van der Waals surface area contributed by atoms with Crippen molar-refractivity contribution in [1.29, 1.82) is 0 Å². The highest BCUT2D eigenvalue weighted by Gasteiger charge is 2.42. The van der Waals surface area contributed by atoms with Gasteiger partial charge in [-0.15, -0.1) is 11.3 Å². The summed E-state index contributed by atoms with van der Waals surface area (Å²) in [6.45, 7) is 1.18. The molecule has 0 amide bonds. The quantitative estimate of drug-likeness (QED) is 0.787. The largest absolute Gasteiger partial charge is 0.469 e. The fourth-order valence-corrected chi connectivity index (χ4v) is 4.11. The highest BCUT2D eigenvalue weighted by Crippen LogP contribution is 2.42. The van der Waals surface area contributed by atoms with E-state index in [9.17, 15) is 4.79 Å². The van der Waals surface area contributed by atoms with Gasteiger partial charge in [-0.2, -0.15) is 0 Å². The molecule has 4 heteroatoms. The van der Waals surface area contributed by atoms with Crippen molar-refractivity contribution in [2.45, 2.75) is 37.8 Å². The number of esters is 1. The average molecular weight is 265 g/mol. The number of rotatable bonds is 3. The minimum absolute atomic E-state index is 0.0295. The molecule has 2 heterocycles. The molecule has 98 valence electrons. The first-order chi connectivity index (χ1) is 8.79. The van der Waals surface area contributed by atoms with Crippen LogP contribution in [-0.2, 0) is 9.53 Å². The SMILES string of the molecule is COC(=O)C1CC(N2CCCC2c2cccs2)C1. The number of hydrogen-bond acceptors (Lipinski definition) is 4. The summed E-state index contributed by atoms with van der Waals surface area (Å²) >= 11 is 1.85. The van der Waals surface area contributed by atoms with E-state index in [2.05, 4.69) is 22.4 Å². The van der Waals surface area contributed by atoms with Crippen molar-refractivity contribution in [3.05, 3.63) is 22.4 Å². The van der Waals surface area contributed by atoms with E-state index in [1.165, 1.54) is 31.4 Å². The van der Waals surface area contributed by atoms with Crippen molar-refractivity contribution in [2.75, 3.05) is 13.7 Å². The highest BCUT2D eigenvalue weighted by molar-refractivity contribution is 7.10. The van der Waals surface area contributed by atoms with Crippen molar-refractivity contribution in [3.8, 4) is 0 Å². The number of methoxy groups -OCH3 is 1. The van der Waals surface area contributed by atoms with Gasteiger partial charge >= 0.3 is 5.97 Å². The lowest BCUT2D eigenvalue weighted by Crippen LogP contribution is -2.46. The first-order valence-corrected chi connectivity index (χ1v) is 7.54. The molecular formula is C14H19NO2S. The summed E-state index contributed by atoms with van der Waals surface area (Å²) in [6, 6.07) is 5.55. The molecule has 2 aliphatic rings. The summed E-state index contributed by atoms with van der Waals surface area (Å²) in [5.41, 5.74) is 0. The average Bonchev–Trinajstić information content (AvgIpc) is 2.96. The van der Waals surface area contributed by atoms with Crippen LogP contribution in [0.4, 0.5) is 0 Å². The molecule has 1 aliphatic heterocycles. The van der Waals surface area contributed by atoms with Crippen LogP contribution in [0, 0.1) is 5.92 Å². The molecule has 3 rings (SSSR count). The van der Waals surface area contributed by atoms with Gasteiger partial charge in [0.2, 0.25) is 0 Å². The van der Waals surface area contributed by atoms with Crippen LogP contribution in [0.15, 0.2) is 17.5 Å². The smallest absolute Gasteiger partial charge is 0.308 e. The van der Waals surface area contributed by atoms with Crippen molar-refractivity contribution in [2.24, 2.45) is 5.92 Å². The Morgan fingerprint density at radius 3 is 3.00 bits per heavy atom. The minimum Gasteiger partial charge on any atom is -0.469 e. The molecule has 1 unspecified atom stereocenters. The Kier molecular flexibility index (Phi) is 3.39. The summed E-state index contributed by atoms with van der Waals surface area (Å²) in [5, 5.41) is 2.16. The predicted molar refractivity (Wildman–Crippen MR) is 71.5 cm³/mol. The van der Waals surface area contributed by atoms with E-state index in [0.29, 0.717) is 12.1 Å². The zero-order chi connectivity index (χ0) is 12.5. The molecule has 1 aromatic rings. The van der Waals surface area contributed by atoms with E-state index in [-0.39, 0.29) is 11.9 Å². The summed E-state index contributed by atoms with van der Waals surface area (Å²) in [4.78, 5) is 15.5. The molecule has 0 N–H and O–H groups in total. The molecule has 1 atom stereocenters. The normalized spacial score (nSPS) is 32.2. The molecule has 0 spiro atoms. The Balaban J connectivity index is 1.62. The van der Waals surface area contributed by atoms with Gasteiger partial charge in [0.15, 0.2) is 0 Å². The number of hydrogen-bond donors (Lipinski definition) is 0. The van der Waals surface area contributed by atoms with Crippen LogP contribution in [0.1, 0.15) is 36.6 Å². The fraction of sp³-hybridized carbons (Fsp3) is 0.643. The summed E-state index contributed by atoms with van der Waals surface area (Å²) in [5.74, 6) is 0.114. The molecule has 18 heavy (non-hydrogen) atoms. The Morgan fingerprint density at radius 2 is 2.33 bits per heavy atom. The van der Waals surface area contributed by atoms with Crippen molar-refractivity contribution >= 4 is 17.3 Å². The maximum atomic E-state index is 11.4. The second kappa shape index (κ2) is 5.02. The molecule has 1 saturated heterocycles. The number of ether oxygens (including phenoxy) is 1. The van der Waals surface area contributed by atoms with Crippen molar-refractivity contribution in [1.82, 2.24) is 4.90 Å². The van der Waals surface area contributed by atoms with Gasteiger partial charge in [-0.25, -0.2) is 0 Å². The van der Waals surface area contributed by atoms with Crippen LogP contribution in [0.25, 0.3) is 0 Å². The van der Waals surface area contributed by atoms with Crippen LogP contribution in [-0.4, -0.2) is 30.6 Å². The van der Waals surface area contributed by atoms with E-state index in [1.807, 2.05) is 11.3 Å². The molecule has 0 aromatic carbocycles. The Labute approximate surface area is 112 Å². The maximum absolute atomic E-state index is 11.4. The summed E-state index contributed by atoms with van der Waals surface area (Å²) in [7, 11) is 1.49. The summed E-state index contributed by atoms with van der Waals surface area (Å²) < 4.78 is 4.81. The highest BCUT2D eigenvalue weighted by atomic mass is 32.1. The second-order valence-corrected chi connectivity index (χ2v) is 6.24. The molecule has 1 aromatic heterocycles. The molecule has 3 nitrogen and oxygen atoms in total. The van der Waals surface area contributed by atoms with Crippen LogP contribution < -0.4 is 0 Å². The Bertz CT molecular complexity index is 411. The van der Waals surface area contributed by atoms with Gasteiger partial charge in [0.25, 0.3) is 0 Å². The van der Waals surface area contributed by atoms with E-state index in [1.54, 1.807) is 0 Å². The van der Waals surface area contributed by atoms with Gasteiger partial charge in [0.1, 0.15) is 0 Å². The first kappa shape index (κ1) is 12.2. The zero-order valence-electron chi connectivity index (χ0n) is 10.7. The lowest BCUT2D eigenvalue weighted by molar-refractivity contribution is -0.151. The molecule has 1 aliphatic carbocycles. The molecule has 2 fully saturated rings. The number of likely N-dealkylation sites (tertiary alicyclic amines) is 1.